The van der Waals surface area contributed by atoms with E-state index in [4.69, 9.17) is 0 Å². The molecule has 0 aliphatic heterocycles. The summed E-state index contributed by atoms with van der Waals surface area (Å²) in [7, 11) is 0. The van der Waals surface area contributed by atoms with Crippen LogP contribution in [0.25, 0.3) is 0 Å². The quantitative estimate of drug-likeness (QED) is 0.816. The number of rotatable bonds is 6. The normalized spacial score (nSPS) is 12.4. The zero-order chi connectivity index (χ0) is 15.2. The number of hydrogen-bond donors (Lipinski definition) is 1. The molecule has 3 heteroatoms. The molecule has 0 spiro atoms. The topological polar surface area (TPSA) is 24.9 Å². The van der Waals surface area contributed by atoms with Gasteiger partial charge in [0.25, 0.3) is 0 Å². The lowest BCUT2D eigenvalue weighted by molar-refractivity contribution is 0.526. The van der Waals surface area contributed by atoms with Gasteiger partial charge in [0, 0.05) is 22.9 Å². The molecule has 0 amide bonds. The van der Waals surface area contributed by atoms with E-state index in [-0.39, 0.29) is 0 Å². The van der Waals surface area contributed by atoms with Crippen molar-refractivity contribution in [2.45, 2.75) is 39.7 Å². The summed E-state index contributed by atoms with van der Waals surface area (Å²) in [4.78, 5) is 4.28. The lowest BCUT2D eigenvalue weighted by Gasteiger charge is -2.22. The standard InChI is InChI=1S/C18H23BrN2/c1-4-8-21-18(10-15-9-16(19)12-20-11-15)17-7-5-6-13(2)14(17)3/h5-7,9,11-12,18,21H,4,8,10H2,1-3H3. The lowest BCUT2D eigenvalue weighted by Crippen LogP contribution is -2.25. The van der Waals surface area contributed by atoms with Crippen LogP contribution in [0.5, 0.6) is 0 Å². The van der Waals surface area contributed by atoms with Gasteiger partial charge in [-0.05, 0) is 77.5 Å². The van der Waals surface area contributed by atoms with Crippen molar-refractivity contribution in [3.8, 4) is 0 Å². The number of aromatic nitrogens is 1. The van der Waals surface area contributed by atoms with Gasteiger partial charge in [0.05, 0.1) is 0 Å². The monoisotopic (exact) mass is 346 g/mol. The summed E-state index contributed by atoms with van der Waals surface area (Å²) >= 11 is 3.50. The minimum absolute atomic E-state index is 0.334. The van der Waals surface area contributed by atoms with E-state index in [0.29, 0.717) is 6.04 Å². The van der Waals surface area contributed by atoms with E-state index < -0.39 is 0 Å². The molecule has 112 valence electrons. The molecule has 1 heterocycles. The highest BCUT2D eigenvalue weighted by Gasteiger charge is 2.15. The van der Waals surface area contributed by atoms with Crippen LogP contribution in [-0.4, -0.2) is 11.5 Å². The molecule has 0 aliphatic carbocycles. The highest BCUT2D eigenvalue weighted by atomic mass is 79.9. The second kappa shape index (κ2) is 7.71. The Labute approximate surface area is 136 Å². The fraction of sp³-hybridized carbons (Fsp3) is 0.389. The number of pyridine rings is 1. The first-order valence-electron chi connectivity index (χ1n) is 7.50. The molecule has 2 aromatic rings. The Morgan fingerprint density at radius 1 is 1.24 bits per heavy atom. The number of nitrogens with one attached hydrogen (secondary N) is 1. The Kier molecular flexibility index (Phi) is 5.95. The average Bonchev–Trinajstić information content (AvgIpc) is 2.47. The van der Waals surface area contributed by atoms with Crippen molar-refractivity contribution in [1.82, 2.24) is 10.3 Å². The summed E-state index contributed by atoms with van der Waals surface area (Å²) in [6.45, 7) is 7.62. The maximum Gasteiger partial charge on any atom is 0.0410 e. The summed E-state index contributed by atoms with van der Waals surface area (Å²) in [6, 6.07) is 9.05. The largest absolute Gasteiger partial charge is 0.310 e. The molecule has 1 aromatic heterocycles. The predicted octanol–water partition coefficient (Wildman–Crippen LogP) is 4.74. The third-order valence-corrected chi connectivity index (χ3v) is 4.30. The van der Waals surface area contributed by atoms with Gasteiger partial charge in [-0.3, -0.25) is 4.98 Å². The van der Waals surface area contributed by atoms with Gasteiger partial charge in [0.15, 0.2) is 0 Å². The Morgan fingerprint density at radius 3 is 2.76 bits per heavy atom. The van der Waals surface area contributed by atoms with Gasteiger partial charge in [-0.1, -0.05) is 25.1 Å². The fourth-order valence-corrected chi connectivity index (χ4v) is 2.98. The van der Waals surface area contributed by atoms with Gasteiger partial charge >= 0.3 is 0 Å². The molecule has 1 N–H and O–H groups in total. The van der Waals surface area contributed by atoms with Gasteiger partial charge < -0.3 is 5.32 Å². The first kappa shape index (κ1) is 16.2. The molecule has 1 unspecified atom stereocenters. The van der Waals surface area contributed by atoms with E-state index >= 15 is 0 Å². The number of benzene rings is 1. The van der Waals surface area contributed by atoms with Crippen LogP contribution in [0, 0.1) is 13.8 Å². The first-order valence-corrected chi connectivity index (χ1v) is 8.30. The number of halogens is 1. The Balaban J connectivity index is 2.27. The zero-order valence-electron chi connectivity index (χ0n) is 13.0. The first-order chi connectivity index (χ1) is 10.1. The van der Waals surface area contributed by atoms with Crippen molar-refractivity contribution < 1.29 is 0 Å². The third kappa shape index (κ3) is 4.39. The van der Waals surface area contributed by atoms with Crippen molar-refractivity contribution in [2.75, 3.05) is 6.54 Å². The summed E-state index contributed by atoms with van der Waals surface area (Å²) in [5, 5.41) is 3.68. The third-order valence-electron chi connectivity index (χ3n) is 3.86. The molecule has 2 rings (SSSR count). The van der Waals surface area contributed by atoms with Gasteiger partial charge in [-0.15, -0.1) is 0 Å². The molecule has 0 aliphatic rings. The smallest absolute Gasteiger partial charge is 0.0410 e. The van der Waals surface area contributed by atoms with Crippen LogP contribution in [0.3, 0.4) is 0 Å². The Bertz CT molecular complexity index is 596. The van der Waals surface area contributed by atoms with Gasteiger partial charge in [-0.25, -0.2) is 0 Å². The van der Waals surface area contributed by atoms with E-state index in [9.17, 15) is 0 Å². The molecular formula is C18H23BrN2. The number of nitrogens with zero attached hydrogens (tertiary/aromatic N) is 1. The van der Waals surface area contributed by atoms with E-state index in [1.165, 1.54) is 22.3 Å². The minimum Gasteiger partial charge on any atom is -0.310 e. The van der Waals surface area contributed by atoms with Crippen molar-refractivity contribution in [3.05, 3.63) is 63.4 Å². The van der Waals surface area contributed by atoms with Crippen molar-refractivity contribution >= 4 is 15.9 Å². The predicted molar refractivity (Wildman–Crippen MR) is 92.6 cm³/mol. The summed E-state index contributed by atoms with van der Waals surface area (Å²) in [6.07, 6.45) is 5.88. The van der Waals surface area contributed by atoms with Gasteiger partial charge in [0.1, 0.15) is 0 Å². The van der Waals surface area contributed by atoms with Gasteiger partial charge in [-0.2, -0.15) is 0 Å². The minimum atomic E-state index is 0.334. The molecule has 21 heavy (non-hydrogen) atoms. The van der Waals surface area contributed by atoms with Crippen molar-refractivity contribution in [2.24, 2.45) is 0 Å². The van der Waals surface area contributed by atoms with Crippen LogP contribution in [0.2, 0.25) is 0 Å². The van der Waals surface area contributed by atoms with E-state index in [1.807, 2.05) is 12.4 Å². The molecule has 0 saturated heterocycles. The SMILES string of the molecule is CCCNC(Cc1cncc(Br)c1)c1cccc(C)c1C. The molecule has 0 saturated carbocycles. The van der Waals surface area contributed by atoms with Crippen LogP contribution in [-0.2, 0) is 6.42 Å². The number of aryl methyl sites for hydroxylation is 1. The zero-order valence-corrected chi connectivity index (χ0v) is 14.6. The molecule has 0 fully saturated rings. The van der Waals surface area contributed by atoms with E-state index in [0.717, 1.165) is 23.9 Å². The molecule has 1 aromatic carbocycles. The van der Waals surface area contributed by atoms with Crippen LogP contribution in [0.15, 0.2) is 41.1 Å². The second-order valence-corrected chi connectivity index (χ2v) is 6.43. The van der Waals surface area contributed by atoms with E-state index in [2.05, 4.69) is 71.3 Å². The van der Waals surface area contributed by atoms with Crippen LogP contribution in [0.1, 0.15) is 41.6 Å². The highest BCUT2D eigenvalue weighted by Crippen LogP contribution is 2.24. The molecular weight excluding hydrogens is 324 g/mol. The lowest BCUT2D eigenvalue weighted by atomic mass is 9.93. The molecule has 2 nitrogen and oxygen atoms in total. The van der Waals surface area contributed by atoms with E-state index in [1.54, 1.807) is 0 Å². The van der Waals surface area contributed by atoms with Crippen LogP contribution >= 0.6 is 15.9 Å². The Hall–Kier alpha value is -1.19. The summed E-state index contributed by atoms with van der Waals surface area (Å²) in [5.41, 5.74) is 5.37. The van der Waals surface area contributed by atoms with Crippen molar-refractivity contribution in [1.29, 1.82) is 0 Å². The van der Waals surface area contributed by atoms with Gasteiger partial charge in [0.2, 0.25) is 0 Å². The summed E-state index contributed by atoms with van der Waals surface area (Å²) in [5.74, 6) is 0. The molecule has 1 atom stereocenters. The van der Waals surface area contributed by atoms with Crippen molar-refractivity contribution in [3.63, 3.8) is 0 Å². The molecule has 0 bridgehead atoms. The highest BCUT2D eigenvalue weighted by molar-refractivity contribution is 9.10. The van der Waals surface area contributed by atoms with Crippen LogP contribution in [0.4, 0.5) is 0 Å². The maximum atomic E-state index is 4.28. The number of hydrogen-bond acceptors (Lipinski definition) is 2. The fourth-order valence-electron chi connectivity index (χ4n) is 2.57. The van der Waals surface area contributed by atoms with Crippen LogP contribution < -0.4 is 5.32 Å². The Morgan fingerprint density at radius 2 is 2.05 bits per heavy atom. The summed E-state index contributed by atoms with van der Waals surface area (Å²) < 4.78 is 1.04. The second-order valence-electron chi connectivity index (χ2n) is 5.51. The molecule has 0 radical (unpaired) electrons. The average molecular weight is 347 g/mol. The maximum absolute atomic E-state index is 4.28.